The molecule has 1 saturated heterocycles. The Morgan fingerprint density at radius 2 is 1.76 bits per heavy atom. The average Bonchev–Trinajstić information content (AvgIpc) is 2.81. The number of carbonyl (C=O) groups excluding carboxylic acids is 1. The molecule has 2 N–H and O–H groups in total. The van der Waals surface area contributed by atoms with Crippen LogP contribution in [-0.4, -0.2) is 70.1 Å². The zero-order chi connectivity index (χ0) is 25.6. The van der Waals surface area contributed by atoms with Crippen LogP contribution in [0.5, 0.6) is 0 Å². The van der Waals surface area contributed by atoms with Crippen molar-refractivity contribution < 1.29 is 14.5 Å². The van der Waals surface area contributed by atoms with Crippen LogP contribution in [0.4, 0.5) is 10.5 Å². The van der Waals surface area contributed by atoms with Crippen molar-refractivity contribution in [3.63, 3.8) is 0 Å². The normalized spacial score (nSPS) is 13.4. The van der Waals surface area contributed by atoms with E-state index < -0.39 is 10.5 Å². The smallest absolute Gasteiger partial charge is 0.410 e. The van der Waals surface area contributed by atoms with Gasteiger partial charge >= 0.3 is 11.8 Å². The number of carbonyl (C=O) groups is 1. The molecule has 1 amide bonds. The van der Waals surface area contributed by atoms with E-state index in [9.17, 15) is 14.9 Å². The van der Waals surface area contributed by atoms with Gasteiger partial charge in [-0.1, -0.05) is 59.6 Å². The number of halogens is 2. The average molecular weight is 549 g/mol. The molecule has 3 rings (SSSR count). The molecule has 0 saturated carbocycles. The first-order valence-corrected chi connectivity index (χ1v) is 12.5. The van der Waals surface area contributed by atoms with Gasteiger partial charge in [0.15, 0.2) is 0 Å². The third-order valence-electron chi connectivity index (χ3n) is 4.17. The number of para-hydroxylation sites is 1. The number of pyridine rings is 1. The largest absolute Gasteiger partial charge is 0.444 e. The molecule has 0 bridgehead atoms. The summed E-state index contributed by atoms with van der Waals surface area (Å²) < 4.78 is 5.28. The Balaban J connectivity index is 0.000000540. The second-order valence-corrected chi connectivity index (χ2v) is 7.88. The molecular formula is C22H35BrClN5O4. The number of ether oxygens (including phenoxy) is 1. The molecule has 2 heterocycles. The van der Waals surface area contributed by atoms with E-state index in [0.29, 0.717) is 30.7 Å². The number of nitrogens with two attached hydrogens (primary N) is 1. The second-order valence-electron chi connectivity index (χ2n) is 7.50. The van der Waals surface area contributed by atoms with Crippen molar-refractivity contribution in [2.24, 2.45) is 5.73 Å². The summed E-state index contributed by atoms with van der Waals surface area (Å²) in [6.45, 7) is 13.2. The molecule has 0 atom stereocenters. The van der Waals surface area contributed by atoms with Gasteiger partial charge in [-0.2, -0.15) is 0 Å². The lowest BCUT2D eigenvalue weighted by atomic mass is 10.2. The monoisotopic (exact) mass is 547 g/mol. The van der Waals surface area contributed by atoms with E-state index in [2.05, 4.69) is 25.8 Å². The van der Waals surface area contributed by atoms with E-state index in [4.69, 9.17) is 22.1 Å². The highest BCUT2D eigenvalue weighted by molar-refractivity contribution is 9.08. The van der Waals surface area contributed by atoms with E-state index in [1.807, 2.05) is 40.5 Å². The molecule has 9 nitrogen and oxygen atoms in total. The maximum absolute atomic E-state index is 11.7. The number of hydrogen-bond acceptors (Lipinski definition) is 7. The van der Waals surface area contributed by atoms with Gasteiger partial charge in [-0.05, 0) is 32.7 Å². The summed E-state index contributed by atoms with van der Waals surface area (Å²) in [5, 5.41) is 11.3. The van der Waals surface area contributed by atoms with Crippen molar-refractivity contribution >= 4 is 50.2 Å². The van der Waals surface area contributed by atoms with E-state index in [1.54, 1.807) is 29.2 Å². The number of aromatic nitrogens is 1. The highest BCUT2D eigenvalue weighted by atomic mass is 79.9. The molecule has 1 aromatic carbocycles. The Morgan fingerprint density at radius 1 is 1.21 bits per heavy atom. The summed E-state index contributed by atoms with van der Waals surface area (Å²) in [5.41, 5.74) is 5.60. The highest BCUT2D eigenvalue weighted by Crippen LogP contribution is 2.30. The first-order chi connectivity index (χ1) is 15.6. The minimum absolute atomic E-state index is 0.139. The van der Waals surface area contributed by atoms with Crippen LogP contribution in [-0.2, 0) is 4.74 Å². The number of hydrogen-bond donors (Lipinski definition) is 1. The van der Waals surface area contributed by atoms with Gasteiger partial charge in [0, 0.05) is 38.2 Å². The first kappa shape index (κ1) is 31.0. The van der Waals surface area contributed by atoms with Gasteiger partial charge in [-0.3, -0.25) is 15.0 Å². The van der Waals surface area contributed by atoms with E-state index >= 15 is 0 Å². The number of fused-ring (bicyclic) bond motifs is 1. The number of nitro groups is 1. The Labute approximate surface area is 209 Å². The molecule has 1 aliphatic heterocycles. The second kappa shape index (κ2) is 15.8. The molecule has 0 unspecified atom stereocenters. The van der Waals surface area contributed by atoms with Crippen LogP contribution in [0.2, 0.25) is 5.02 Å². The lowest BCUT2D eigenvalue weighted by Gasteiger charge is -2.34. The maximum atomic E-state index is 11.7. The van der Waals surface area contributed by atoms with Crippen molar-refractivity contribution in [1.82, 2.24) is 14.8 Å². The SMILES string of the molecule is CBr.CC.CC(C)(C)OC(=O)N1CCN(CN)CC1.O=[N+]([O-])c1cnc2ccccc2c1Cl. The zero-order valence-electron chi connectivity index (χ0n) is 20.2. The summed E-state index contributed by atoms with van der Waals surface area (Å²) >= 11 is 8.79. The van der Waals surface area contributed by atoms with Gasteiger partial charge in [0.05, 0.1) is 10.4 Å². The molecule has 0 radical (unpaired) electrons. The molecule has 1 aliphatic rings. The van der Waals surface area contributed by atoms with Crippen molar-refractivity contribution in [3.8, 4) is 0 Å². The molecule has 1 aromatic heterocycles. The van der Waals surface area contributed by atoms with E-state index in [-0.39, 0.29) is 16.8 Å². The lowest BCUT2D eigenvalue weighted by Crippen LogP contribution is -2.51. The quantitative estimate of drug-likeness (QED) is 0.308. The van der Waals surface area contributed by atoms with Crippen molar-refractivity contribution in [1.29, 1.82) is 0 Å². The van der Waals surface area contributed by atoms with Crippen molar-refractivity contribution in [3.05, 3.63) is 45.6 Å². The molecule has 33 heavy (non-hydrogen) atoms. The summed E-state index contributed by atoms with van der Waals surface area (Å²) in [6.07, 6.45) is 0.948. The van der Waals surface area contributed by atoms with Crippen molar-refractivity contribution in [2.75, 3.05) is 38.7 Å². The molecular weight excluding hydrogens is 514 g/mol. The molecule has 0 spiro atoms. The predicted molar refractivity (Wildman–Crippen MR) is 138 cm³/mol. The van der Waals surface area contributed by atoms with E-state index in [0.717, 1.165) is 13.1 Å². The number of benzene rings is 1. The van der Waals surface area contributed by atoms with Gasteiger partial charge in [-0.25, -0.2) is 9.78 Å². The summed E-state index contributed by atoms with van der Waals surface area (Å²) in [6, 6.07) is 7.03. The maximum Gasteiger partial charge on any atom is 0.410 e. The molecule has 2 aromatic rings. The van der Waals surface area contributed by atoms with Crippen molar-refractivity contribution in [2.45, 2.75) is 40.2 Å². The van der Waals surface area contributed by atoms with Crippen LogP contribution in [0.3, 0.4) is 0 Å². The molecule has 1 fully saturated rings. The van der Waals surface area contributed by atoms with Crippen LogP contribution in [0.15, 0.2) is 30.5 Å². The number of piperazine rings is 1. The van der Waals surface area contributed by atoms with Gasteiger partial charge in [0.25, 0.3) is 0 Å². The number of nitrogens with zero attached hydrogens (tertiary/aromatic N) is 4. The fraction of sp³-hybridized carbons (Fsp3) is 0.545. The van der Waals surface area contributed by atoms with E-state index in [1.165, 1.54) is 6.20 Å². The van der Waals surface area contributed by atoms with Crippen LogP contribution >= 0.6 is 27.5 Å². The minimum Gasteiger partial charge on any atom is -0.444 e. The standard InChI is InChI=1S/C10H21N3O2.C9H5ClN2O2.C2H6.CH3Br/c1-10(2,3)15-9(14)13-6-4-12(8-11)5-7-13;10-9-6-3-1-2-4-7(6)11-5-8(9)12(13)14;2*1-2/h4-8,11H2,1-3H3;1-5H;1-2H3;1H3. The third kappa shape index (κ3) is 10.6. The molecule has 186 valence electrons. The minimum atomic E-state index is -0.540. The third-order valence-corrected chi connectivity index (χ3v) is 4.57. The van der Waals surface area contributed by atoms with Gasteiger partial charge in [0.1, 0.15) is 16.8 Å². The Hall–Kier alpha value is -2.01. The van der Waals surface area contributed by atoms with Crippen LogP contribution in [0.1, 0.15) is 34.6 Å². The van der Waals surface area contributed by atoms with Crippen LogP contribution < -0.4 is 5.73 Å². The Bertz CT molecular complexity index is 871. The topological polar surface area (TPSA) is 115 Å². The van der Waals surface area contributed by atoms with Gasteiger partial charge in [0.2, 0.25) is 0 Å². The molecule has 0 aliphatic carbocycles. The fourth-order valence-corrected chi connectivity index (χ4v) is 2.94. The molecule has 11 heteroatoms. The fourth-order valence-electron chi connectivity index (χ4n) is 2.66. The van der Waals surface area contributed by atoms with Gasteiger partial charge in [-0.15, -0.1) is 0 Å². The first-order valence-electron chi connectivity index (χ1n) is 10.6. The Kier molecular flexibility index (Phi) is 14.8. The van der Waals surface area contributed by atoms with Crippen LogP contribution in [0.25, 0.3) is 10.9 Å². The lowest BCUT2D eigenvalue weighted by molar-refractivity contribution is -0.384. The van der Waals surface area contributed by atoms with Gasteiger partial charge < -0.3 is 15.4 Å². The predicted octanol–water partition coefficient (Wildman–Crippen LogP) is 5.29. The highest BCUT2D eigenvalue weighted by Gasteiger charge is 2.25. The summed E-state index contributed by atoms with van der Waals surface area (Å²) in [4.78, 5) is 29.5. The summed E-state index contributed by atoms with van der Waals surface area (Å²) in [7, 11) is 0. The Morgan fingerprint density at radius 3 is 2.24 bits per heavy atom. The number of rotatable bonds is 2. The van der Waals surface area contributed by atoms with Crippen LogP contribution in [0, 0.1) is 10.1 Å². The zero-order valence-corrected chi connectivity index (χ0v) is 22.5. The number of alkyl halides is 1. The summed E-state index contributed by atoms with van der Waals surface area (Å²) in [5.74, 6) is 1.81. The number of amides is 1.